The average Bonchev–Trinajstić information content (AvgIpc) is 2.81. The molecule has 3 heteroatoms. The maximum absolute atomic E-state index is 5.75. The number of hydrogen-bond donors (Lipinski definition) is 1. The van der Waals surface area contributed by atoms with E-state index in [1.807, 2.05) is 0 Å². The summed E-state index contributed by atoms with van der Waals surface area (Å²) in [6.45, 7) is 16.0. The van der Waals surface area contributed by atoms with Gasteiger partial charge in [0.15, 0.2) is 0 Å². The third-order valence-electron chi connectivity index (χ3n) is 5.05. The summed E-state index contributed by atoms with van der Waals surface area (Å²) in [5.74, 6) is 1.63. The van der Waals surface area contributed by atoms with E-state index in [1.165, 1.54) is 32.4 Å². The Morgan fingerprint density at radius 2 is 2.15 bits per heavy atom. The summed E-state index contributed by atoms with van der Waals surface area (Å²) in [6, 6.07) is 0.737. The number of piperidine rings is 1. The van der Waals surface area contributed by atoms with Gasteiger partial charge in [-0.15, -0.1) is 0 Å². The molecule has 0 radical (unpaired) electrons. The van der Waals surface area contributed by atoms with Crippen LogP contribution in [0.4, 0.5) is 0 Å². The molecule has 2 aliphatic rings. The quantitative estimate of drug-likeness (QED) is 0.811. The topological polar surface area (TPSA) is 24.5 Å². The van der Waals surface area contributed by atoms with Crippen LogP contribution in [0.2, 0.25) is 0 Å². The minimum Gasteiger partial charge on any atom is -0.381 e. The molecule has 0 aliphatic carbocycles. The van der Waals surface area contributed by atoms with Crippen molar-refractivity contribution < 1.29 is 4.74 Å². The van der Waals surface area contributed by atoms with Crippen molar-refractivity contribution in [3.63, 3.8) is 0 Å². The number of nitrogens with zero attached hydrogens (tertiary/aromatic N) is 1. The molecule has 2 rings (SSSR count). The molecule has 2 saturated heterocycles. The van der Waals surface area contributed by atoms with E-state index in [-0.39, 0.29) is 0 Å². The molecule has 0 saturated carbocycles. The zero-order chi connectivity index (χ0) is 14.6. The SMILES string of the molecule is CC(C)CNCC1(CN2CCC(C)CC2C)CCOC1. The maximum Gasteiger partial charge on any atom is 0.0547 e. The largest absolute Gasteiger partial charge is 0.381 e. The van der Waals surface area contributed by atoms with Crippen molar-refractivity contribution in [3.05, 3.63) is 0 Å². The Hall–Kier alpha value is -0.120. The van der Waals surface area contributed by atoms with Crippen LogP contribution in [0, 0.1) is 17.3 Å². The van der Waals surface area contributed by atoms with Crippen LogP contribution in [0.3, 0.4) is 0 Å². The van der Waals surface area contributed by atoms with Gasteiger partial charge in [0.25, 0.3) is 0 Å². The summed E-state index contributed by atoms with van der Waals surface area (Å²) < 4.78 is 5.75. The van der Waals surface area contributed by atoms with Crippen LogP contribution in [-0.4, -0.2) is 50.3 Å². The highest BCUT2D eigenvalue weighted by atomic mass is 16.5. The number of nitrogens with one attached hydrogen (secondary N) is 1. The lowest BCUT2D eigenvalue weighted by molar-refractivity contribution is 0.0584. The fraction of sp³-hybridized carbons (Fsp3) is 1.00. The van der Waals surface area contributed by atoms with E-state index in [0.717, 1.165) is 44.2 Å². The first-order valence-corrected chi connectivity index (χ1v) is 8.53. The first kappa shape index (κ1) is 16.3. The highest BCUT2D eigenvalue weighted by Gasteiger charge is 2.38. The highest BCUT2D eigenvalue weighted by Crippen LogP contribution is 2.32. The van der Waals surface area contributed by atoms with Crippen LogP contribution in [0.25, 0.3) is 0 Å². The smallest absolute Gasteiger partial charge is 0.0547 e. The maximum atomic E-state index is 5.75. The van der Waals surface area contributed by atoms with Gasteiger partial charge in [-0.1, -0.05) is 20.8 Å². The first-order valence-electron chi connectivity index (χ1n) is 8.53. The van der Waals surface area contributed by atoms with E-state index >= 15 is 0 Å². The summed E-state index contributed by atoms with van der Waals surface area (Å²) in [5, 5.41) is 3.67. The molecule has 0 aromatic carbocycles. The van der Waals surface area contributed by atoms with Crippen LogP contribution in [0.15, 0.2) is 0 Å². The van der Waals surface area contributed by atoms with Crippen molar-refractivity contribution in [1.29, 1.82) is 0 Å². The molecular formula is C17H34N2O. The van der Waals surface area contributed by atoms with Gasteiger partial charge in [0.1, 0.15) is 0 Å². The molecule has 2 heterocycles. The summed E-state index contributed by atoms with van der Waals surface area (Å²) in [7, 11) is 0. The molecule has 3 nitrogen and oxygen atoms in total. The Balaban J connectivity index is 1.88. The molecular weight excluding hydrogens is 248 g/mol. The molecule has 3 unspecified atom stereocenters. The molecule has 3 atom stereocenters. The molecule has 0 bridgehead atoms. The lowest BCUT2D eigenvalue weighted by Crippen LogP contribution is -2.50. The van der Waals surface area contributed by atoms with E-state index in [9.17, 15) is 0 Å². The number of hydrogen-bond acceptors (Lipinski definition) is 3. The van der Waals surface area contributed by atoms with Crippen LogP contribution in [-0.2, 0) is 4.74 Å². The van der Waals surface area contributed by atoms with E-state index in [0.29, 0.717) is 5.41 Å². The molecule has 0 aromatic rings. The molecule has 2 fully saturated rings. The number of ether oxygens (including phenoxy) is 1. The van der Waals surface area contributed by atoms with Crippen molar-refractivity contribution >= 4 is 0 Å². The van der Waals surface area contributed by atoms with Gasteiger partial charge >= 0.3 is 0 Å². The second kappa shape index (κ2) is 7.24. The summed E-state index contributed by atoms with van der Waals surface area (Å²) in [5.41, 5.74) is 0.351. The van der Waals surface area contributed by atoms with Crippen molar-refractivity contribution in [1.82, 2.24) is 10.2 Å². The fourth-order valence-electron chi connectivity index (χ4n) is 3.72. The van der Waals surface area contributed by atoms with Crippen LogP contribution in [0.1, 0.15) is 47.0 Å². The second-order valence-electron chi connectivity index (χ2n) is 7.78. The lowest BCUT2D eigenvalue weighted by Gasteiger charge is -2.42. The third-order valence-corrected chi connectivity index (χ3v) is 5.05. The molecule has 0 aromatic heterocycles. The average molecular weight is 282 g/mol. The Bertz CT molecular complexity index is 287. The standard InChI is InChI=1S/C17H34N2O/c1-14(2)10-18-11-17(6-8-20-13-17)12-19-7-5-15(3)9-16(19)4/h14-16,18H,5-13H2,1-4H3. The van der Waals surface area contributed by atoms with Gasteiger partial charge in [-0.05, 0) is 51.1 Å². The van der Waals surface area contributed by atoms with Crippen LogP contribution >= 0.6 is 0 Å². The van der Waals surface area contributed by atoms with Gasteiger partial charge in [0.2, 0.25) is 0 Å². The monoisotopic (exact) mass is 282 g/mol. The molecule has 118 valence electrons. The van der Waals surface area contributed by atoms with Gasteiger partial charge in [-0.2, -0.15) is 0 Å². The third kappa shape index (κ3) is 4.44. The summed E-state index contributed by atoms with van der Waals surface area (Å²) >= 11 is 0. The second-order valence-corrected chi connectivity index (χ2v) is 7.78. The zero-order valence-corrected chi connectivity index (χ0v) is 14.0. The zero-order valence-electron chi connectivity index (χ0n) is 14.0. The number of likely N-dealkylation sites (tertiary alicyclic amines) is 1. The molecule has 20 heavy (non-hydrogen) atoms. The molecule has 0 amide bonds. The Morgan fingerprint density at radius 3 is 2.75 bits per heavy atom. The van der Waals surface area contributed by atoms with Gasteiger partial charge in [-0.3, -0.25) is 4.90 Å². The molecule has 2 aliphatic heterocycles. The molecule has 0 spiro atoms. The fourth-order valence-corrected chi connectivity index (χ4v) is 3.72. The van der Waals surface area contributed by atoms with Crippen LogP contribution < -0.4 is 5.32 Å². The van der Waals surface area contributed by atoms with E-state index in [2.05, 4.69) is 37.9 Å². The van der Waals surface area contributed by atoms with Gasteiger partial charge in [0.05, 0.1) is 6.61 Å². The minimum atomic E-state index is 0.351. The summed E-state index contributed by atoms with van der Waals surface area (Å²) in [4.78, 5) is 2.71. The predicted octanol–water partition coefficient (Wildman–Crippen LogP) is 2.76. The van der Waals surface area contributed by atoms with Crippen molar-refractivity contribution in [3.8, 4) is 0 Å². The Labute approximate surface area is 125 Å². The van der Waals surface area contributed by atoms with E-state index in [1.54, 1.807) is 0 Å². The van der Waals surface area contributed by atoms with Crippen molar-refractivity contribution in [2.75, 3.05) is 39.4 Å². The summed E-state index contributed by atoms with van der Waals surface area (Å²) in [6.07, 6.45) is 3.94. The van der Waals surface area contributed by atoms with E-state index in [4.69, 9.17) is 4.74 Å². The normalized spacial score (nSPS) is 35.9. The van der Waals surface area contributed by atoms with Crippen molar-refractivity contribution in [2.45, 2.75) is 53.0 Å². The highest BCUT2D eigenvalue weighted by molar-refractivity contribution is 4.91. The van der Waals surface area contributed by atoms with Crippen LogP contribution in [0.5, 0.6) is 0 Å². The van der Waals surface area contributed by atoms with E-state index < -0.39 is 0 Å². The molecule has 1 N–H and O–H groups in total. The predicted molar refractivity (Wildman–Crippen MR) is 85.0 cm³/mol. The Morgan fingerprint density at radius 1 is 1.35 bits per heavy atom. The first-order chi connectivity index (χ1) is 9.51. The van der Waals surface area contributed by atoms with Gasteiger partial charge in [0, 0.05) is 31.2 Å². The lowest BCUT2D eigenvalue weighted by atomic mass is 9.84. The van der Waals surface area contributed by atoms with Gasteiger partial charge in [-0.25, -0.2) is 0 Å². The Kier molecular flexibility index (Phi) is 5.88. The minimum absolute atomic E-state index is 0.351. The number of rotatable bonds is 6. The van der Waals surface area contributed by atoms with Gasteiger partial charge < -0.3 is 10.1 Å². The van der Waals surface area contributed by atoms with Crippen molar-refractivity contribution in [2.24, 2.45) is 17.3 Å².